The minimum atomic E-state index is -4.23. The number of Topliss-reactive ketones (excluding diaryl/α,β-unsaturated/α-hetero) is 1. The molecule has 2 N–H and O–H groups in total. The van der Waals surface area contributed by atoms with Crippen molar-refractivity contribution in [3.8, 4) is 0 Å². The lowest BCUT2D eigenvalue weighted by atomic mass is 9.94. The molecule has 0 aliphatic heterocycles. The third-order valence-corrected chi connectivity index (χ3v) is 15.2. The second kappa shape index (κ2) is 35.7. The highest BCUT2D eigenvalue weighted by Crippen LogP contribution is 2.51. The molecule has 0 heterocycles. The number of halogens is 1. The highest BCUT2D eigenvalue weighted by molar-refractivity contribution is 7.53. The van der Waals surface area contributed by atoms with Crippen LogP contribution in [0.15, 0.2) is 176 Å². The second-order valence-electron chi connectivity index (χ2n) is 19.9. The van der Waals surface area contributed by atoms with Gasteiger partial charge in [0.05, 0.1) is 31.2 Å². The van der Waals surface area contributed by atoms with Crippen molar-refractivity contribution < 1.29 is 70.5 Å². The van der Waals surface area contributed by atoms with Crippen LogP contribution in [0.5, 0.6) is 0 Å². The summed E-state index contributed by atoms with van der Waals surface area (Å²) in [5, 5.41) is 5.52. The van der Waals surface area contributed by atoms with Gasteiger partial charge in [0.15, 0.2) is 0 Å². The number of hydrogen-bond acceptors (Lipinski definition) is 14. The van der Waals surface area contributed by atoms with Crippen LogP contribution in [-0.2, 0) is 94.4 Å². The van der Waals surface area contributed by atoms with Crippen molar-refractivity contribution in [3.63, 3.8) is 0 Å². The molecule has 0 aliphatic rings. The molecule has 6 aromatic rings. The van der Waals surface area contributed by atoms with E-state index in [1.54, 1.807) is 97.1 Å². The highest BCUT2D eigenvalue weighted by atomic mass is 31.2. The molecule has 4 atom stereocenters. The lowest BCUT2D eigenvalue weighted by Gasteiger charge is -2.24. The average molecular weight is 1150 g/mol. The first-order chi connectivity index (χ1) is 40.3. The molecule has 0 spiro atoms. The fourth-order valence-electron chi connectivity index (χ4n) is 8.59. The zero-order valence-corrected chi connectivity index (χ0v) is 47.3. The molecule has 0 radical (unpaired) electrons. The van der Waals surface area contributed by atoms with Crippen molar-refractivity contribution in [1.29, 1.82) is 0 Å². The smallest absolute Gasteiger partial charge is 0.331 e. The van der Waals surface area contributed by atoms with Crippen molar-refractivity contribution in [2.24, 2.45) is 11.8 Å². The van der Waals surface area contributed by atoms with Crippen LogP contribution in [0.2, 0.25) is 0 Å². The third kappa shape index (κ3) is 24.9. The van der Waals surface area contributed by atoms with Gasteiger partial charge in [-0.05, 0) is 90.6 Å². The Hall–Kier alpha value is -8.11. The number of nitrogens with one attached hydrogen (secondary N) is 2. The first-order valence-corrected chi connectivity index (χ1v) is 29.6. The number of amides is 2. The number of unbranched alkanes of at least 4 members (excludes halogenated alkanes) is 2. The van der Waals surface area contributed by atoms with Crippen LogP contribution in [0.1, 0.15) is 109 Å². The van der Waals surface area contributed by atoms with E-state index >= 15 is 0 Å². The minimum Gasteiger partial charge on any atom is -0.461 e. The minimum absolute atomic E-state index is 0.0211. The number of esters is 4. The third-order valence-electron chi connectivity index (χ3n) is 13.3. The van der Waals surface area contributed by atoms with E-state index in [9.17, 15) is 42.5 Å². The van der Waals surface area contributed by atoms with Gasteiger partial charge in [-0.15, -0.1) is 0 Å². The molecule has 18 heteroatoms. The summed E-state index contributed by atoms with van der Waals surface area (Å²) in [6.45, 7) is -0.286. The topological polar surface area (TPSA) is 216 Å². The first kappa shape index (κ1) is 64.1. The predicted octanol–water partition coefficient (Wildman–Crippen LogP) is 11.5. The summed E-state index contributed by atoms with van der Waals surface area (Å²) in [7, 11) is -4.23. The Morgan fingerprint density at radius 2 is 0.928 bits per heavy atom. The van der Waals surface area contributed by atoms with Crippen LogP contribution in [0, 0.1) is 17.7 Å². The fourth-order valence-corrected chi connectivity index (χ4v) is 10.5. The maximum Gasteiger partial charge on any atom is 0.331 e. The van der Waals surface area contributed by atoms with E-state index in [1.807, 2.05) is 54.6 Å². The van der Waals surface area contributed by atoms with Crippen LogP contribution >= 0.6 is 7.60 Å². The van der Waals surface area contributed by atoms with Crippen molar-refractivity contribution in [1.82, 2.24) is 10.6 Å². The van der Waals surface area contributed by atoms with Gasteiger partial charge in [0.25, 0.3) is 5.91 Å². The predicted molar refractivity (Wildman–Crippen MR) is 308 cm³/mol. The molecule has 16 nitrogen and oxygen atoms in total. The molecule has 6 rings (SSSR count). The number of carbonyl (C=O) groups excluding carboxylic acids is 7. The molecule has 0 aliphatic carbocycles. The summed E-state index contributed by atoms with van der Waals surface area (Å²) in [4.78, 5) is 94.0. The van der Waals surface area contributed by atoms with Gasteiger partial charge < -0.3 is 38.6 Å². The van der Waals surface area contributed by atoms with E-state index in [0.29, 0.717) is 48.1 Å². The van der Waals surface area contributed by atoms with Gasteiger partial charge in [0.1, 0.15) is 44.1 Å². The van der Waals surface area contributed by atoms with Gasteiger partial charge >= 0.3 is 31.5 Å². The molecule has 1 unspecified atom stereocenters. The van der Waals surface area contributed by atoms with Crippen LogP contribution in [0.4, 0.5) is 4.39 Å². The highest BCUT2D eigenvalue weighted by Gasteiger charge is 2.35. The van der Waals surface area contributed by atoms with Crippen molar-refractivity contribution >= 4 is 49.1 Å². The summed E-state index contributed by atoms with van der Waals surface area (Å²) < 4.78 is 62.8. The maximum atomic E-state index is 14.9. The van der Waals surface area contributed by atoms with Crippen LogP contribution in [0.25, 0.3) is 0 Å². The largest absolute Gasteiger partial charge is 0.461 e. The van der Waals surface area contributed by atoms with E-state index in [1.165, 1.54) is 24.3 Å². The van der Waals surface area contributed by atoms with Gasteiger partial charge in [0, 0.05) is 37.8 Å². The van der Waals surface area contributed by atoms with E-state index in [2.05, 4.69) is 10.6 Å². The van der Waals surface area contributed by atoms with Crippen molar-refractivity contribution in [2.75, 3.05) is 19.3 Å². The molecule has 0 fully saturated rings. The number of rotatable bonds is 37. The zero-order chi connectivity index (χ0) is 58.9. The van der Waals surface area contributed by atoms with E-state index < -0.39 is 67.2 Å². The molecule has 6 aromatic carbocycles. The SMILES string of the molecule is O=C(CCCCCNC(=O)c1ccc([18F])cc1)C[C@@H](CCC(=O)N[C@@H](CCCOP(=O)(C[C@@H](CCC(=O)OCc1ccccc1)C(=O)OCc1ccccc1)OCc1ccccc1)C(=O)OCc1ccccc1)C(=O)OCc1ccccc1. The summed E-state index contributed by atoms with van der Waals surface area (Å²) in [6.07, 6.45) is 0.447. The Kier molecular flexibility index (Phi) is 27.5. The van der Waals surface area contributed by atoms with Gasteiger partial charge in [-0.2, -0.15) is 0 Å². The van der Waals surface area contributed by atoms with Crippen LogP contribution < -0.4 is 10.6 Å². The van der Waals surface area contributed by atoms with Crippen LogP contribution in [0.3, 0.4) is 0 Å². The molecule has 0 bridgehead atoms. The fraction of sp³-hybridized carbons (Fsp3) is 0.338. The molecule has 0 saturated heterocycles. The maximum absolute atomic E-state index is 14.9. The summed E-state index contributed by atoms with van der Waals surface area (Å²) in [5.41, 5.74) is 3.92. The lowest BCUT2D eigenvalue weighted by Crippen LogP contribution is -2.42. The number of ketones is 1. The zero-order valence-electron chi connectivity index (χ0n) is 46.5. The van der Waals surface area contributed by atoms with Crippen LogP contribution in [-0.4, -0.2) is 66.8 Å². The summed E-state index contributed by atoms with van der Waals surface area (Å²) in [6, 6.07) is 48.9. The lowest BCUT2D eigenvalue weighted by molar-refractivity contribution is -0.152. The molecule has 83 heavy (non-hydrogen) atoms. The number of hydrogen-bond donors (Lipinski definition) is 2. The van der Waals surface area contributed by atoms with E-state index in [0.717, 1.165) is 11.1 Å². The number of ether oxygens (including phenoxy) is 4. The normalized spacial score (nSPS) is 12.8. The molecule has 0 aromatic heterocycles. The number of benzene rings is 6. The van der Waals surface area contributed by atoms with Crippen molar-refractivity contribution in [2.45, 2.75) is 110 Å². The van der Waals surface area contributed by atoms with Gasteiger partial charge in [-0.3, -0.25) is 33.3 Å². The van der Waals surface area contributed by atoms with Crippen molar-refractivity contribution in [3.05, 3.63) is 215 Å². The first-order valence-electron chi connectivity index (χ1n) is 27.9. The Bertz CT molecular complexity index is 2990. The Labute approximate surface area is 484 Å². The van der Waals surface area contributed by atoms with Gasteiger partial charge in [-0.1, -0.05) is 158 Å². The quantitative estimate of drug-likeness (QED) is 0.0161. The average Bonchev–Trinajstić information content (AvgIpc) is 3.52. The monoisotopic (exact) mass is 1150 g/mol. The molecule has 2 amide bonds. The van der Waals surface area contributed by atoms with Gasteiger partial charge in [0.2, 0.25) is 5.91 Å². The second-order valence-corrected chi connectivity index (χ2v) is 22.0. The molecular formula is C65H72FN2O14P. The molecule has 0 saturated carbocycles. The Morgan fingerprint density at radius 1 is 0.458 bits per heavy atom. The molecular weight excluding hydrogens is 1080 g/mol. The molecule has 438 valence electrons. The Morgan fingerprint density at radius 3 is 1.46 bits per heavy atom. The Balaban J connectivity index is 1.09. The van der Waals surface area contributed by atoms with E-state index in [-0.39, 0.29) is 103 Å². The van der Waals surface area contributed by atoms with Gasteiger partial charge in [-0.25, -0.2) is 9.18 Å². The van der Waals surface area contributed by atoms with E-state index in [4.69, 9.17) is 28.0 Å². The summed E-state index contributed by atoms with van der Waals surface area (Å²) in [5.74, 6) is -6.48. The standard InChI is InChI=1S/C65H72FN2O14P/c66-57-36-32-54(33-37-57)62(72)67-40-18-6-17-30-58(69)42-55(63(73)78-44-50-22-9-2-10-23-50)34-38-60(70)68-59(65(75)80-46-52-26-13-4-14-27-52)31-19-41-81-83(76,82-47-53-28-15-5-16-29-53)48-56(64(74)79-45-51-24-11-3-12-25-51)35-39-61(71)77-43-49-20-7-1-8-21-49/h1-5,7-16,20-29,32-33,36-37,55-56,59H,6,17-19,30-31,34-35,38-48H2,(H,67,72)(H,68,70)/t55-,56-,59+,83?/m1/s1/i66-1. The summed E-state index contributed by atoms with van der Waals surface area (Å²) >= 11 is 0. The number of carbonyl (C=O) groups is 7.